The van der Waals surface area contributed by atoms with Crippen LogP contribution in [0.15, 0.2) is 84.0 Å². The molecule has 0 amide bonds. The lowest BCUT2D eigenvalue weighted by atomic mass is 10.1. The average Bonchev–Trinajstić information content (AvgIpc) is 2.59. The van der Waals surface area contributed by atoms with Crippen LogP contribution in [0.3, 0.4) is 0 Å². The molecule has 2 heteroatoms. The van der Waals surface area contributed by atoms with Gasteiger partial charge in [-0.1, -0.05) is 60.7 Å². The topological polar surface area (TPSA) is 47.6 Å². The summed E-state index contributed by atoms with van der Waals surface area (Å²) in [4.78, 5) is 0. The Bertz CT molecular complexity index is 714. The normalized spacial score (nSPS) is 11.9. The van der Waals surface area contributed by atoms with Gasteiger partial charge < -0.3 is 0 Å². The predicted octanol–water partition coefficient (Wildman–Crippen LogP) is 4.76. The van der Waals surface area contributed by atoms with Gasteiger partial charge in [0.1, 0.15) is 0 Å². The van der Waals surface area contributed by atoms with Gasteiger partial charge >= 0.3 is 0 Å². The molecule has 0 aliphatic carbocycles. The molecule has 2 aromatic rings. The summed E-state index contributed by atoms with van der Waals surface area (Å²) in [5, 5.41) is 18.4. The van der Waals surface area contributed by atoms with E-state index >= 15 is 0 Å². The molecule has 104 valence electrons. The quantitative estimate of drug-likeness (QED) is 0.599. The Labute approximate surface area is 130 Å². The van der Waals surface area contributed by atoms with Crippen LogP contribution in [-0.4, -0.2) is 0 Å². The number of nitriles is 2. The van der Waals surface area contributed by atoms with Crippen molar-refractivity contribution in [2.75, 3.05) is 0 Å². The molecule has 0 saturated carbocycles. The maximum absolute atomic E-state index is 9.19. The molecule has 0 spiro atoms. The summed E-state index contributed by atoms with van der Waals surface area (Å²) >= 11 is 0. The lowest BCUT2D eigenvalue weighted by Crippen LogP contribution is -1.78. The van der Waals surface area contributed by atoms with E-state index in [1.165, 1.54) is 0 Å². The Hall–Kier alpha value is -3.36. The second kappa shape index (κ2) is 8.04. The van der Waals surface area contributed by atoms with E-state index in [4.69, 9.17) is 0 Å². The number of benzene rings is 2. The summed E-state index contributed by atoms with van der Waals surface area (Å²) in [6, 6.07) is 23.5. The lowest BCUT2D eigenvalue weighted by molar-refractivity contribution is 1.49. The van der Waals surface area contributed by atoms with E-state index in [1.807, 2.05) is 60.7 Å². The fraction of sp³-hybridized carbons (Fsp3) is 0. The monoisotopic (exact) mass is 282 g/mol. The second-order valence-corrected chi connectivity index (χ2v) is 4.58. The summed E-state index contributed by atoms with van der Waals surface area (Å²) < 4.78 is 0. The van der Waals surface area contributed by atoms with Gasteiger partial charge in [-0.2, -0.15) is 10.5 Å². The van der Waals surface area contributed by atoms with Crippen molar-refractivity contribution in [3.8, 4) is 12.1 Å². The van der Waals surface area contributed by atoms with Crippen molar-refractivity contribution < 1.29 is 0 Å². The van der Waals surface area contributed by atoms with Crippen molar-refractivity contribution in [1.29, 1.82) is 10.5 Å². The first-order valence-corrected chi connectivity index (χ1v) is 6.83. The van der Waals surface area contributed by atoms with Gasteiger partial charge in [0.05, 0.1) is 23.3 Å². The molecular formula is C20H14N2. The van der Waals surface area contributed by atoms with Gasteiger partial charge in [0, 0.05) is 0 Å². The smallest absolute Gasteiger partial charge is 0.0991 e. The highest BCUT2D eigenvalue weighted by Crippen LogP contribution is 2.11. The van der Waals surface area contributed by atoms with E-state index in [-0.39, 0.29) is 0 Å². The Kier molecular flexibility index (Phi) is 5.50. The molecule has 0 bridgehead atoms. The Morgan fingerprint density at radius 3 is 1.32 bits per heavy atom. The molecule has 0 heterocycles. The van der Waals surface area contributed by atoms with Crippen molar-refractivity contribution in [3.05, 3.63) is 95.1 Å². The standard InChI is InChI=1S/C20H14N2/c21-15-19(13-17-7-3-1-4-8-17)11-12-20(16-22)14-18-9-5-2-6-10-18/h1-14H/b12-11+,19-13-,20-14+. The molecule has 0 atom stereocenters. The van der Waals surface area contributed by atoms with Gasteiger partial charge in [0.15, 0.2) is 0 Å². The molecule has 22 heavy (non-hydrogen) atoms. The minimum Gasteiger partial charge on any atom is -0.192 e. The number of rotatable bonds is 4. The van der Waals surface area contributed by atoms with E-state index in [0.29, 0.717) is 11.1 Å². The van der Waals surface area contributed by atoms with Crippen molar-refractivity contribution in [2.24, 2.45) is 0 Å². The third-order valence-corrected chi connectivity index (χ3v) is 2.94. The minimum absolute atomic E-state index is 0.500. The van der Waals surface area contributed by atoms with Crippen LogP contribution < -0.4 is 0 Å². The van der Waals surface area contributed by atoms with Crippen LogP contribution >= 0.6 is 0 Å². The van der Waals surface area contributed by atoms with E-state index in [9.17, 15) is 10.5 Å². The Morgan fingerprint density at radius 2 is 1.00 bits per heavy atom. The van der Waals surface area contributed by atoms with Crippen LogP contribution in [0.25, 0.3) is 12.2 Å². The largest absolute Gasteiger partial charge is 0.192 e. The third kappa shape index (κ3) is 4.63. The van der Waals surface area contributed by atoms with Crippen LogP contribution in [0.4, 0.5) is 0 Å². The fourth-order valence-electron chi connectivity index (χ4n) is 1.87. The third-order valence-electron chi connectivity index (χ3n) is 2.94. The van der Waals surface area contributed by atoms with Gasteiger partial charge in [0.25, 0.3) is 0 Å². The minimum atomic E-state index is 0.500. The lowest BCUT2D eigenvalue weighted by Gasteiger charge is -1.94. The first-order valence-electron chi connectivity index (χ1n) is 6.83. The van der Waals surface area contributed by atoms with E-state index in [1.54, 1.807) is 24.3 Å². The van der Waals surface area contributed by atoms with Crippen LogP contribution in [0, 0.1) is 22.7 Å². The van der Waals surface area contributed by atoms with Gasteiger partial charge in [-0.25, -0.2) is 0 Å². The van der Waals surface area contributed by atoms with Crippen molar-refractivity contribution in [2.45, 2.75) is 0 Å². The number of nitrogens with zero attached hydrogens (tertiary/aromatic N) is 2. The van der Waals surface area contributed by atoms with E-state index < -0.39 is 0 Å². The Morgan fingerprint density at radius 1 is 0.636 bits per heavy atom. The number of allylic oxidation sites excluding steroid dienone is 4. The summed E-state index contributed by atoms with van der Waals surface area (Å²) in [5.74, 6) is 0. The van der Waals surface area contributed by atoms with Crippen LogP contribution in [0.1, 0.15) is 11.1 Å². The van der Waals surface area contributed by atoms with E-state index in [2.05, 4.69) is 12.1 Å². The summed E-state index contributed by atoms with van der Waals surface area (Å²) in [5.41, 5.74) is 2.91. The molecule has 2 aromatic carbocycles. The van der Waals surface area contributed by atoms with Gasteiger partial charge in [0.2, 0.25) is 0 Å². The predicted molar refractivity (Wildman–Crippen MR) is 89.2 cm³/mol. The second-order valence-electron chi connectivity index (χ2n) is 4.58. The first-order chi connectivity index (χ1) is 10.8. The van der Waals surface area contributed by atoms with Gasteiger partial charge in [-0.15, -0.1) is 0 Å². The molecule has 0 saturated heterocycles. The molecule has 0 N–H and O–H groups in total. The Balaban J connectivity index is 2.21. The molecule has 0 fully saturated rings. The number of hydrogen-bond acceptors (Lipinski definition) is 2. The zero-order valence-corrected chi connectivity index (χ0v) is 12.0. The molecule has 0 aromatic heterocycles. The molecule has 0 unspecified atom stereocenters. The van der Waals surface area contributed by atoms with Crippen LogP contribution in [0.2, 0.25) is 0 Å². The molecule has 0 aliphatic heterocycles. The molecule has 2 nitrogen and oxygen atoms in total. The molecule has 0 aliphatic rings. The maximum atomic E-state index is 9.19. The van der Waals surface area contributed by atoms with Gasteiger partial charge in [-0.05, 0) is 35.4 Å². The highest BCUT2D eigenvalue weighted by molar-refractivity contribution is 5.64. The molecule has 0 radical (unpaired) electrons. The number of hydrogen-bond donors (Lipinski definition) is 0. The highest BCUT2D eigenvalue weighted by Gasteiger charge is 1.94. The van der Waals surface area contributed by atoms with Crippen LogP contribution in [-0.2, 0) is 0 Å². The van der Waals surface area contributed by atoms with E-state index in [0.717, 1.165) is 11.1 Å². The summed E-state index contributed by atoms with van der Waals surface area (Å²) in [6.07, 6.45) is 6.89. The molecular weight excluding hydrogens is 268 g/mol. The molecule has 2 rings (SSSR count). The first kappa shape index (κ1) is 15.0. The fourth-order valence-corrected chi connectivity index (χ4v) is 1.87. The van der Waals surface area contributed by atoms with Crippen molar-refractivity contribution in [1.82, 2.24) is 0 Å². The summed E-state index contributed by atoms with van der Waals surface area (Å²) in [6.45, 7) is 0. The van der Waals surface area contributed by atoms with Crippen molar-refractivity contribution in [3.63, 3.8) is 0 Å². The van der Waals surface area contributed by atoms with Crippen LogP contribution in [0.5, 0.6) is 0 Å². The SMILES string of the molecule is N#CC(=C\c1ccccc1)/C=C/C(C#N)=C\c1ccccc1. The maximum Gasteiger partial charge on any atom is 0.0991 e. The van der Waals surface area contributed by atoms with Crippen molar-refractivity contribution >= 4 is 12.2 Å². The zero-order chi connectivity index (χ0) is 15.6. The summed E-state index contributed by atoms with van der Waals surface area (Å²) in [7, 11) is 0. The van der Waals surface area contributed by atoms with Gasteiger partial charge in [-0.3, -0.25) is 0 Å². The highest BCUT2D eigenvalue weighted by atomic mass is 14.2. The zero-order valence-electron chi connectivity index (χ0n) is 12.0. The average molecular weight is 282 g/mol.